The molecule has 4 aliphatic heterocycles. The largest absolute Gasteiger partial charge is 0.453 e. The average molecular weight is 729 g/mol. The van der Waals surface area contributed by atoms with Crippen LogP contribution in [0.4, 0.5) is 0 Å². The van der Waals surface area contributed by atoms with Crippen molar-refractivity contribution in [2.45, 2.75) is 152 Å². The number of benzene rings is 2. The molecule has 2 aromatic carbocycles. The molecule has 8 atom stereocenters. The summed E-state index contributed by atoms with van der Waals surface area (Å²) in [5.41, 5.74) is 0.867. The lowest BCUT2D eigenvalue weighted by molar-refractivity contribution is -0.183. The first-order chi connectivity index (χ1) is 24.3. The van der Waals surface area contributed by atoms with Gasteiger partial charge in [0.1, 0.15) is 61.0 Å². The molecule has 2 aromatic rings. The molecule has 14 heteroatoms. The standard InChI is InChI=1S/2C19H24O7/c2*1-18(2)23-12-11(20)13-16(26-19(3,4)24-13)14(15(12)25-18)22-17(21)10-8-6-5-7-9-10/h2*5-9,11-16,20H,1-4H3/t2*11?,12-,13-,14?,15-,16-/m00/s1. The number of carbonyl (C=O) groups excluding carboxylic acids is 2. The molecule has 52 heavy (non-hydrogen) atoms. The van der Waals surface area contributed by atoms with Crippen LogP contribution in [0.2, 0.25) is 0 Å². The highest BCUT2D eigenvalue weighted by Crippen LogP contribution is 2.47. The Morgan fingerprint density at radius 3 is 0.923 bits per heavy atom. The molecular weight excluding hydrogens is 680 g/mol. The Morgan fingerprint density at radius 2 is 0.673 bits per heavy atom. The molecule has 0 spiro atoms. The number of hydrogen-bond acceptors (Lipinski definition) is 14. The summed E-state index contributed by atoms with van der Waals surface area (Å²) in [6.07, 6.45) is -8.67. The molecule has 0 bridgehead atoms. The Morgan fingerprint density at radius 1 is 0.442 bits per heavy atom. The van der Waals surface area contributed by atoms with Crippen LogP contribution in [0.5, 0.6) is 0 Å². The fraction of sp³-hybridized carbons (Fsp3) is 0.632. The van der Waals surface area contributed by atoms with Gasteiger partial charge in [-0.1, -0.05) is 36.4 Å². The smallest absolute Gasteiger partial charge is 0.338 e. The molecule has 2 saturated carbocycles. The first-order valence-corrected chi connectivity index (χ1v) is 17.6. The van der Waals surface area contributed by atoms with E-state index in [1.54, 1.807) is 104 Å². The van der Waals surface area contributed by atoms with Crippen LogP contribution < -0.4 is 0 Å². The lowest BCUT2D eigenvalue weighted by Crippen LogP contribution is -2.62. The molecule has 2 aliphatic carbocycles. The van der Waals surface area contributed by atoms with E-state index in [-0.39, 0.29) is 0 Å². The fourth-order valence-electron chi connectivity index (χ4n) is 7.89. The Hall–Kier alpha value is -3.02. The minimum Gasteiger partial charge on any atom is -0.453 e. The molecule has 8 rings (SSSR count). The lowest BCUT2D eigenvalue weighted by atomic mass is 9.85. The summed E-state index contributed by atoms with van der Waals surface area (Å²) in [7, 11) is 0. The second-order valence-electron chi connectivity index (χ2n) is 15.7. The number of esters is 2. The molecule has 14 nitrogen and oxygen atoms in total. The second-order valence-corrected chi connectivity index (χ2v) is 15.7. The van der Waals surface area contributed by atoms with Crippen LogP contribution in [-0.2, 0) is 47.4 Å². The van der Waals surface area contributed by atoms with Crippen LogP contribution >= 0.6 is 0 Å². The molecule has 4 saturated heterocycles. The van der Waals surface area contributed by atoms with Crippen LogP contribution in [0.25, 0.3) is 0 Å². The zero-order chi connectivity index (χ0) is 37.4. The number of carbonyl (C=O) groups is 2. The third-order valence-electron chi connectivity index (χ3n) is 9.80. The maximum atomic E-state index is 12.6. The highest BCUT2D eigenvalue weighted by molar-refractivity contribution is 5.90. The van der Waals surface area contributed by atoms with Crippen LogP contribution in [-0.4, -0.2) is 119 Å². The van der Waals surface area contributed by atoms with Gasteiger partial charge in [-0.3, -0.25) is 0 Å². The van der Waals surface area contributed by atoms with Crippen molar-refractivity contribution in [2.75, 3.05) is 0 Å². The zero-order valence-corrected chi connectivity index (χ0v) is 30.5. The van der Waals surface area contributed by atoms with E-state index in [4.69, 9.17) is 47.4 Å². The van der Waals surface area contributed by atoms with Crippen LogP contribution in [0, 0.1) is 0 Å². The van der Waals surface area contributed by atoms with Crippen LogP contribution in [0.1, 0.15) is 76.1 Å². The fourth-order valence-corrected chi connectivity index (χ4v) is 7.89. The summed E-state index contributed by atoms with van der Waals surface area (Å²) in [4.78, 5) is 25.2. The second kappa shape index (κ2) is 13.4. The van der Waals surface area contributed by atoms with Gasteiger partial charge in [-0.25, -0.2) is 9.59 Å². The first kappa shape index (κ1) is 37.3. The summed E-state index contributed by atoms with van der Waals surface area (Å²) < 4.78 is 58.8. The van der Waals surface area contributed by atoms with Gasteiger partial charge in [-0.15, -0.1) is 0 Å². The highest BCUT2D eigenvalue weighted by Gasteiger charge is 2.66. The molecule has 0 amide bonds. The minimum atomic E-state index is -0.944. The van der Waals surface area contributed by atoms with Crippen LogP contribution in [0.3, 0.4) is 0 Å². The van der Waals surface area contributed by atoms with Crippen molar-refractivity contribution in [1.82, 2.24) is 0 Å². The monoisotopic (exact) mass is 728 g/mol. The van der Waals surface area contributed by atoms with Crippen molar-refractivity contribution in [3.63, 3.8) is 0 Å². The third kappa shape index (κ3) is 7.26. The topological polar surface area (TPSA) is 167 Å². The van der Waals surface area contributed by atoms with Crippen molar-refractivity contribution in [1.29, 1.82) is 0 Å². The van der Waals surface area contributed by atoms with E-state index in [2.05, 4.69) is 0 Å². The van der Waals surface area contributed by atoms with Crippen molar-refractivity contribution in [3.05, 3.63) is 71.8 Å². The van der Waals surface area contributed by atoms with Gasteiger partial charge in [-0.2, -0.15) is 0 Å². The van der Waals surface area contributed by atoms with E-state index >= 15 is 0 Å². The van der Waals surface area contributed by atoms with Gasteiger partial charge in [0.05, 0.1) is 11.1 Å². The zero-order valence-electron chi connectivity index (χ0n) is 30.5. The molecule has 0 radical (unpaired) electrons. The predicted molar refractivity (Wildman–Crippen MR) is 179 cm³/mol. The van der Waals surface area contributed by atoms with Crippen molar-refractivity contribution >= 4 is 11.9 Å². The number of aliphatic hydroxyl groups excluding tert-OH is 2. The van der Waals surface area contributed by atoms with Crippen molar-refractivity contribution in [3.8, 4) is 0 Å². The minimum absolute atomic E-state index is 0.433. The van der Waals surface area contributed by atoms with E-state index < -0.39 is 108 Å². The summed E-state index contributed by atoms with van der Waals surface area (Å²) in [6.45, 7) is 14.1. The van der Waals surface area contributed by atoms with E-state index in [9.17, 15) is 19.8 Å². The molecule has 284 valence electrons. The Balaban J connectivity index is 0.000000162. The van der Waals surface area contributed by atoms with Gasteiger partial charge < -0.3 is 57.6 Å². The van der Waals surface area contributed by atoms with E-state index in [0.717, 1.165) is 0 Å². The Bertz CT molecular complexity index is 1430. The van der Waals surface area contributed by atoms with Crippen molar-refractivity contribution < 1.29 is 67.2 Å². The molecule has 6 aliphatic rings. The predicted octanol–water partition coefficient (Wildman–Crippen LogP) is 3.25. The molecule has 4 heterocycles. The van der Waals surface area contributed by atoms with Gasteiger partial charge >= 0.3 is 11.9 Å². The number of fused-ring (bicyclic) bond motifs is 4. The number of hydrogen-bond donors (Lipinski definition) is 2. The summed E-state index contributed by atoms with van der Waals surface area (Å²) in [6, 6.07) is 17.4. The highest BCUT2D eigenvalue weighted by atomic mass is 16.8. The summed E-state index contributed by atoms with van der Waals surface area (Å²) in [5.74, 6) is -4.56. The number of aliphatic hydroxyl groups is 2. The quantitative estimate of drug-likeness (QED) is 0.441. The molecule has 6 fully saturated rings. The van der Waals surface area contributed by atoms with Crippen molar-refractivity contribution in [2.24, 2.45) is 0 Å². The number of rotatable bonds is 4. The third-order valence-corrected chi connectivity index (χ3v) is 9.80. The van der Waals surface area contributed by atoms with Gasteiger partial charge in [-0.05, 0) is 79.7 Å². The average Bonchev–Trinajstić information content (AvgIpc) is 3.80. The SMILES string of the molecule is CC1(C)O[C@@H]2C(OC(=O)c3ccccc3)[C@H]3OC(C)(C)O[C@H]3C(O)[C@@H]2O1.CC1(C)O[C@@H]2C(OC(=O)c3ccccc3)[C@H]3OC(C)(C)O[C@H]3C(O)[C@@H]2O1. The maximum absolute atomic E-state index is 12.6. The van der Waals surface area contributed by atoms with Crippen LogP contribution in [0.15, 0.2) is 60.7 Å². The van der Waals surface area contributed by atoms with E-state index in [1.807, 2.05) is 12.1 Å². The molecular formula is C38H48O14. The Kier molecular flexibility index (Phi) is 9.59. The number of ether oxygens (including phenoxy) is 10. The van der Waals surface area contributed by atoms with Gasteiger partial charge in [0.25, 0.3) is 0 Å². The van der Waals surface area contributed by atoms with E-state index in [1.165, 1.54) is 0 Å². The van der Waals surface area contributed by atoms with E-state index in [0.29, 0.717) is 11.1 Å². The lowest BCUT2D eigenvalue weighted by Gasteiger charge is -2.40. The molecule has 0 unspecified atom stereocenters. The molecule has 0 aromatic heterocycles. The summed E-state index contributed by atoms with van der Waals surface area (Å²) in [5, 5.41) is 21.5. The van der Waals surface area contributed by atoms with Gasteiger partial charge in [0, 0.05) is 0 Å². The van der Waals surface area contributed by atoms with Gasteiger partial charge in [0.2, 0.25) is 0 Å². The Labute approximate surface area is 302 Å². The maximum Gasteiger partial charge on any atom is 0.338 e. The normalized spacial score (nSPS) is 39.9. The molecule has 2 N–H and O–H groups in total. The first-order valence-electron chi connectivity index (χ1n) is 17.6. The summed E-state index contributed by atoms with van der Waals surface area (Å²) >= 11 is 0. The van der Waals surface area contributed by atoms with Gasteiger partial charge in [0.15, 0.2) is 35.4 Å².